The van der Waals surface area contributed by atoms with Crippen LogP contribution >= 0.6 is 0 Å². The van der Waals surface area contributed by atoms with Gasteiger partial charge in [0.25, 0.3) is 6.71 Å². The van der Waals surface area contributed by atoms with Crippen molar-refractivity contribution in [3.63, 3.8) is 0 Å². The normalized spacial score (nSPS) is 12.4. The van der Waals surface area contributed by atoms with E-state index in [2.05, 4.69) is 438 Å². The first-order valence-corrected chi connectivity index (χ1v) is 39.4. The Morgan fingerprint density at radius 1 is 0.204 bits per heavy atom. The summed E-state index contributed by atoms with van der Waals surface area (Å²) in [5, 5.41) is 10.2. The van der Waals surface area contributed by atoms with Crippen LogP contribution in [-0.2, 0) is 0 Å². The van der Waals surface area contributed by atoms with Crippen molar-refractivity contribution in [1.29, 1.82) is 0 Å². The number of hydrogen-bond donors (Lipinski definition) is 0. The van der Waals surface area contributed by atoms with Gasteiger partial charge in [0, 0.05) is 77.9 Å². The fraction of sp³-hybridized carbons (Fsp3) is 0. The highest BCUT2D eigenvalue weighted by atomic mass is 28.3. The van der Waals surface area contributed by atoms with Gasteiger partial charge in [-0.15, -0.1) is 0 Å². The molecule has 0 N–H and O–H groups in total. The molecule has 4 heterocycles. The van der Waals surface area contributed by atoms with E-state index >= 15 is 0 Å². The third-order valence-corrected chi connectivity index (χ3v) is 27.6. The summed E-state index contributed by atoms with van der Waals surface area (Å²) in [6.45, 7) is -0.273. The number of aromatic nitrogens is 2. The maximum atomic E-state index is 2.69. The summed E-state index contributed by atoms with van der Waals surface area (Å²) in [6, 6.07) is 157. The van der Waals surface area contributed by atoms with Gasteiger partial charge in [0.15, 0.2) is 8.07 Å². The Kier molecular flexibility index (Phi) is 15.0. The van der Waals surface area contributed by atoms with Gasteiger partial charge in [0.2, 0.25) is 0 Å². The zero-order chi connectivity index (χ0) is 71.2. The number of hydrogen-bond acceptors (Lipinski definition) is 2. The van der Waals surface area contributed by atoms with E-state index in [0.717, 1.165) is 123 Å². The van der Waals surface area contributed by atoms with Crippen LogP contribution < -0.4 is 46.9 Å². The van der Waals surface area contributed by atoms with Crippen LogP contribution in [0, 0.1) is 0 Å². The number of fused-ring (bicyclic) bond motifs is 10. The van der Waals surface area contributed by atoms with Crippen LogP contribution in [0.2, 0.25) is 0 Å². The van der Waals surface area contributed by atoms with E-state index in [1.165, 1.54) is 58.7 Å². The number of nitrogens with zero attached hydrogens (tertiary/aromatic N) is 4. The van der Waals surface area contributed by atoms with Crippen LogP contribution in [0.4, 0.5) is 34.1 Å². The third kappa shape index (κ3) is 9.91. The van der Waals surface area contributed by atoms with E-state index in [9.17, 15) is 0 Å². The van der Waals surface area contributed by atoms with E-state index in [4.69, 9.17) is 0 Å². The molecule has 6 heteroatoms. The molecule has 2 aliphatic heterocycles. The first-order valence-electron chi connectivity index (χ1n) is 37.4. The van der Waals surface area contributed by atoms with Crippen molar-refractivity contribution in [2.75, 3.05) is 9.80 Å². The fourth-order valence-electron chi connectivity index (χ4n) is 18.2. The standard InChI is InChI=1S/C102H69BN4Si/c1-8-32-71(33-9-1)82-50-30-51-83(72-34-10-2-11-35-72)101(82)106-96-68-76(104-92-54-26-22-46-86(92)87-47-23-27-55-93(87)104)60-64-90(96)103-91-65-61-77(105-94-56-28-24-48-88(94)89-49-25-29-57-95(89)105)69-97(91)107(102-84(73-36-12-3-13-37-73)52-31-53-85(102)74-38-14-4-15-39-74)99-67-75(66-98(106)100(99)103)70-58-62-81(63-59-70)108(78-40-16-5-17-41-78,79-42-18-6-19-43-79)80-44-20-7-21-45-80/h1-69H. The van der Waals surface area contributed by atoms with Crippen LogP contribution in [0.1, 0.15) is 0 Å². The van der Waals surface area contributed by atoms with Gasteiger partial charge < -0.3 is 18.9 Å². The van der Waals surface area contributed by atoms with Gasteiger partial charge in [0.05, 0.1) is 33.4 Å². The predicted molar refractivity (Wildman–Crippen MR) is 460 cm³/mol. The molecule has 0 aliphatic carbocycles. The van der Waals surface area contributed by atoms with Gasteiger partial charge in [-0.3, -0.25) is 0 Å². The number of anilines is 6. The summed E-state index contributed by atoms with van der Waals surface area (Å²) in [4.78, 5) is 5.39. The molecule has 0 saturated carbocycles. The molecule has 108 heavy (non-hydrogen) atoms. The average Bonchev–Trinajstić information content (AvgIpc) is 0.767. The lowest BCUT2D eigenvalue weighted by molar-refractivity contribution is 1.17. The van der Waals surface area contributed by atoms with E-state index in [1.807, 2.05) is 0 Å². The average molecular weight is 1390 g/mol. The summed E-state index contributed by atoms with van der Waals surface area (Å²) >= 11 is 0. The van der Waals surface area contributed by atoms with Gasteiger partial charge >= 0.3 is 0 Å². The van der Waals surface area contributed by atoms with Gasteiger partial charge in [-0.05, 0) is 131 Å². The molecule has 504 valence electrons. The Hall–Kier alpha value is -13.8. The smallest absolute Gasteiger partial charge is 0.252 e. The van der Waals surface area contributed by atoms with Crippen molar-refractivity contribution < 1.29 is 0 Å². The molecule has 19 aromatic rings. The molecule has 21 rings (SSSR count). The van der Waals surface area contributed by atoms with Crippen LogP contribution in [0.25, 0.3) is 111 Å². The lowest BCUT2D eigenvalue weighted by atomic mass is 9.33. The summed E-state index contributed by atoms with van der Waals surface area (Å²) in [5.41, 5.74) is 28.3. The van der Waals surface area contributed by atoms with Crippen molar-refractivity contribution in [3.8, 4) is 67.0 Å². The monoisotopic (exact) mass is 1390 g/mol. The third-order valence-electron chi connectivity index (χ3n) is 22.8. The summed E-state index contributed by atoms with van der Waals surface area (Å²) < 4.78 is 4.99. The number of rotatable bonds is 13. The molecular weight excluding hydrogens is 1320 g/mol. The van der Waals surface area contributed by atoms with Gasteiger partial charge in [0.1, 0.15) is 0 Å². The highest BCUT2D eigenvalue weighted by Gasteiger charge is 2.47. The van der Waals surface area contributed by atoms with Crippen molar-refractivity contribution in [1.82, 2.24) is 9.13 Å². The molecule has 0 amide bonds. The molecule has 0 atom stereocenters. The maximum absolute atomic E-state index is 2.96. The van der Waals surface area contributed by atoms with E-state index in [0.29, 0.717) is 0 Å². The molecule has 0 spiro atoms. The largest absolute Gasteiger partial charge is 0.310 e. The highest BCUT2D eigenvalue weighted by Crippen LogP contribution is 2.54. The Labute approximate surface area is 630 Å². The number of para-hydroxylation sites is 6. The second-order valence-corrected chi connectivity index (χ2v) is 32.4. The minimum atomic E-state index is -2.96. The minimum Gasteiger partial charge on any atom is -0.310 e. The molecule has 0 radical (unpaired) electrons. The van der Waals surface area contributed by atoms with Gasteiger partial charge in [-0.1, -0.05) is 358 Å². The molecular formula is C102H69BN4Si. The van der Waals surface area contributed by atoms with E-state index in [1.54, 1.807) is 0 Å². The zero-order valence-corrected chi connectivity index (χ0v) is 60.2. The topological polar surface area (TPSA) is 16.3 Å². The Balaban J connectivity index is 0.925. The van der Waals surface area contributed by atoms with Crippen molar-refractivity contribution in [2.24, 2.45) is 0 Å². The second-order valence-electron chi connectivity index (χ2n) is 28.6. The van der Waals surface area contributed by atoms with Crippen LogP contribution in [-0.4, -0.2) is 23.9 Å². The van der Waals surface area contributed by atoms with Gasteiger partial charge in [-0.2, -0.15) is 0 Å². The molecule has 0 bridgehead atoms. The van der Waals surface area contributed by atoms with Crippen LogP contribution in [0.5, 0.6) is 0 Å². The quantitative estimate of drug-likeness (QED) is 0.0845. The molecule has 0 fully saturated rings. The fourth-order valence-corrected chi connectivity index (χ4v) is 23.0. The molecule has 4 nitrogen and oxygen atoms in total. The molecule has 2 aromatic heterocycles. The summed E-state index contributed by atoms with van der Waals surface area (Å²) in [5.74, 6) is 0. The first-order chi connectivity index (χ1) is 53.6. The number of benzene rings is 17. The predicted octanol–water partition coefficient (Wildman–Crippen LogP) is 21.7. The SMILES string of the molecule is c1ccc(-c2cccc(-c3ccccc3)c2N2c3cc(-n4c5ccccc5c5ccccc54)ccc3B3c4ccc(-n5c6ccccc6c6ccccc65)cc4N(c4c(-c5ccccc5)cccc4-c4ccccc4)c4cc(-c5ccc([Si](c6ccccc6)(c6ccccc6)c6ccccc6)cc5)cc2c43)cc1. The summed E-state index contributed by atoms with van der Waals surface area (Å²) in [6.07, 6.45) is 0. The molecule has 0 saturated heterocycles. The van der Waals surface area contributed by atoms with Crippen molar-refractivity contribution in [3.05, 3.63) is 419 Å². The first kappa shape index (κ1) is 62.8. The molecule has 17 aromatic carbocycles. The van der Waals surface area contributed by atoms with Crippen LogP contribution in [0.3, 0.4) is 0 Å². The molecule has 2 aliphatic rings. The highest BCUT2D eigenvalue weighted by molar-refractivity contribution is 7.20. The van der Waals surface area contributed by atoms with Crippen molar-refractivity contribution in [2.45, 2.75) is 0 Å². The Morgan fingerprint density at radius 2 is 0.491 bits per heavy atom. The zero-order valence-electron chi connectivity index (χ0n) is 59.2. The lowest BCUT2D eigenvalue weighted by Crippen LogP contribution is -2.74. The van der Waals surface area contributed by atoms with E-state index < -0.39 is 8.07 Å². The molecule has 0 unspecified atom stereocenters. The van der Waals surface area contributed by atoms with Crippen LogP contribution in [0.15, 0.2) is 419 Å². The lowest BCUT2D eigenvalue weighted by Gasteiger charge is -2.46. The van der Waals surface area contributed by atoms with Crippen molar-refractivity contribution >= 4 is 130 Å². The minimum absolute atomic E-state index is 0.273. The Morgan fingerprint density at radius 3 is 0.815 bits per heavy atom. The van der Waals surface area contributed by atoms with Gasteiger partial charge in [-0.25, -0.2) is 0 Å². The summed E-state index contributed by atoms with van der Waals surface area (Å²) in [7, 11) is -2.96. The Bertz CT molecular complexity index is 6030. The van der Waals surface area contributed by atoms with E-state index in [-0.39, 0.29) is 6.71 Å². The second kappa shape index (κ2) is 25.8. The maximum Gasteiger partial charge on any atom is 0.252 e.